The van der Waals surface area contributed by atoms with Crippen LogP contribution in [-0.4, -0.2) is 54.9 Å². The molecule has 3 aromatic rings. The van der Waals surface area contributed by atoms with Crippen LogP contribution >= 0.6 is 11.3 Å². The molecule has 6 rings (SSSR count). The number of aromatic nitrogens is 5. The molecule has 2 atom stereocenters. The number of nitrogens with zero attached hydrogens (tertiary/aromatic N) is 5. The number of aromatic amines is 1. The molecule has 1 amide bonds. The Kier molecular flexibility index (Phi) is 5.66. The van der Waals surface area contributed by atoms with Crippen molar-refractivity contribution in [3.8, 4) is 0 Å². The molecule has 10 nitrogen and oxygen atoms in total. The maximum Gasteiger partial charge on any atom is 0.248 e. The van der Waals surface area contributed by atoms with Gasteiger partial charge in [-0.05, 0) is 25.7 Å². The van der Waals surface area contributed by atoms with Gasteiger partial charge in [0.15, 0.2) is 10.9 Å². The van der Waals surface area contributed by atoms with Crippen LogP contribution in [0.2, 0.25) is 0 Å². The highest BCUT2D eigenvalue weighted by atomic mass is 32.1. The number of aliphatic hydroxyl groups excluding tert-OH is 1. The predicted molar refractivity (Wildman–Crippen MR) is 130 cm³/mol. The Bertz CT molecular complexity index is 1170. The third-order valence-electron chi connectivity index (χ3n) is 7.06. The van der Waals surface area contributed by atoms with Crippen molar-refractivity contribution in [3.05, 3.63) is 34.6 Å². The molecule has 4 heterocycles. The summed E-state index contributed by atoms with van der Waals surface area (Å²) in [6, 6.07) is 1.70. The Morgan fingerprint density at radius 3 is 2.88 bits per heavy atom. The van der Waals surface area contributed by atoms with Gasteiger partial charge in [0.25, 0.3) is 0 Å². The number of hydrogen-bond donors (Lipinski definition) is 4. The fourth-order valence-electron chi connectivity index (χ4n) is 5.38. The minimum absolute atomic E-state index is 0.0976. The summed E-state index contributed by atoms with van der Waals surface area (Å²) in [6.45, 7) is 0.699. The molecule has 34 heavy (non-hydrogen) atoms. The van der Waals surface area contributed by atoms with E-state index >= 15 is 0 Å². The Balaban J connectivity index is 1.27. The average Bonchev–Trinajstić information content (AvgIpc) is 3.64. The van der Waals surface area contributed by atoms with Crippen molar-refractivity contribution in [1.82, 2.24) is 25.1 Å². The number of anilines is 4. The maximum absolute atomic E-state index is 13.0. The smallest absolute Gasteiger partial charge is 0.248 e. The second-order valence-electron chi connectivity index (χ2n) is 9.35. The van der Waals surface area contributed by atoms with E-state index in [9.17, 15) is 9.90 Å². The van der Waals surface area contributed by atoms with Gasteiger partial charge in [0.05, 0.1) is 11.8 Å². The standard InChI is InChI=1S/C23H28N8O2S/c32-14-10-15-17(11-14)25-22(31-8-3-6-18(31)21(33)28-23-24-7-9-34-23)27-20(15)26-19-12-16(29-30-19)13-4-1-2-5-13/h7,9,12-14,18,32H,1-6,8,10-11H2,(H,24,28,33)(H2,25,26,27,29,30)/t14-,18+/m0/s1. The fourth-order valence-corrected chi connectivity index (χ4v) is 5.92. The molecule has 2 aliphatic carbocycles. The fraction of sp³-hybridized carbons (Fsp3) is 0.522. The van der Waals surface area contributed by atoms with Crippen molar-refractivity contribution in [2.24, 2.45) is 0 Å². The Hall–Kier alpha value is -3.05. The van der Waals surface area contributed by atoms with Crippen LogP contribution in [0.3, 0.4) is 0 Å². The molecule has 3 aromatic heterocycles. The molecular formula is C23H28N8O2S. The van der Waals surface area contributed by atoms with Gasteiger partial charge in [-0.15, -0.1) is 11.3 Å². The Morgan fingerprint density at radius 2 is 2.06 bits per heavy atom. The van der Waals surface area contributed by atoms with E-state index in [0.717, 1.165) is 35.6 Å². The highest BCUT2D eigenvalue weighted by Gasteiger charge is 2.35. The molecule has 0 radical (unpaired) electrons. The number of fused-ring (bicyclic) bond motifs is 1. The first-order valence-electron chi connectivity index (χ1n) is 12.0. The largest absolute Gasteiger partial charge is 0.392 e. The highest BCUT2D eigenvalue weighted by molar-refractivity contribution is 7.13. The molecule has 11 heteroatoms. The first kappa shape index (κ1) is 21.5. The van der Waals surface area contributed by atoms with Crippen molar-refractivity contribution < 1.29 is 9.90 Å². The van der Waals surface area contributed by atoms with Crippen molar-refractivity contribution >= 4 is 40.0 Å². The lowest BCUT2D eigenvalue weighted by molar-refractivity contribution is -0.117. The van der Waals surface area contributed by atoms with E-state index in [1.54, 1.807) is 6.20 Å². The number of carbonyl (C=O) groups excluding carboxylic acids is 1. The van der Waals surface area contributed by atoms with Gasteiger partial charge in [-0.1, -0.05) is 12.8 Å². The van der Waals surface area contributed by atoms with Crippen LogP contribution < -0.4 is 15.5 Å². The number of carbonyl (C=O) groups is 1. The average molecular weight is 481 g/mol. The lowest BCUT2D eigenvalue weighted by atomic mass is 10.0. The van der Waals surface area contributed by atoms with Crippen molar-refractivity contribution in [2.75, 3.05) is 22.1 Å². The number of hydrogen-bond acceptors (Lipinski definition) is 9. The molecule has 3 aliphatic rings. The second-order valence-corrected chi connectivity index (χ2v) is 10.2. The number of rotatable bonds is 6. The molecule has 1 saturated heterocycles. The third kappa shape index (κ3) is 4.14. The lowest BCUT2D eigenvalue weighted by Gasteiger charge is -2.24. The monoisotopic (exact) mass is 480 g/mol. The van der Waals surface area contributed by atoms with E-state index in [0.29, 0.717) is 42.2 Å². The first-order chi connectivity index (χ1) is 16.6. The van der Waals surface area contributed by atoms with E-state index < -0.39 is 6.10 Å². The molecule has 178 valence electrons. The van der Waals surface area contributed by atoms with E-state index in [1.165, 1.54) is 37.0 Å². The predicted octanol–water partition coefficient (Wildman–Crippen LogP) is 3.12. The minimum Gasteiger partial charge on any atom is -0.392 e. The molecule has 1 saturated carbocycles. The van der Waals surface area contributed by atoms with Crippen molar-refractivity contribution in [3.63, 3.8) is 0 Å². The van der Waals surface area contributed by atoms with Gasteiger partial charge in [0.2, 0.25) is 11.9 Å². The number of amides is 1. The van der Waals surface area contributed by atoms with Gasteiger partial charge < -0.3 is 20.6 Å². The zero-order valence-electron chi connectivity index (χ0n) is 18.8. The van der Waals surface area contributed by atoms with Gasteiger partial charge >= 0.3 is 0 Å². The molecule has 4 N–H and O–H groups in total. The maximum atomic E-state index is 13.0. The van der Waals surface area contributed by atoms with Crippen LogP contribution in [-0.2, 0) is 17.6 Å². The molecule has 0 spiro atoms. The third-order valence-corrected chi connectivity index (χ3v) is 7.75. The van der Waals surface area contributed by atoms with Gasteiger partial charge in [-0.2, -0.15) is 10.1 Å². The number of aliphatic hydroxyl groups is 1. The molecule has 0 bridgehead atoms. The summed E-state index contributed by atoms with van der Waals surface area (Å²) < 4.78 is 0. The highest BCUT2D eigenvalue weighted by Crippen LogP contribution is 2.36. The SMILES string of the molecule is O=C(Nc1nccs1)[C@H]1CCCN1c1nc2c(c(Nc3cc(C4CCCC4)[nH]n3)n1)C[C@H](O)C2. The molecular weight excluding hydrogens is 452 g/mol. The Labute approximate surface area is 201 Å². The minimum atomic E-state index is -0.476. The van der Waals surface area contributed by atoms with Crippen LogP contribution in [0.25, 0.3) is 0 Å². The molecule has 2 fully saturated rings. The van der Waals surface area contributed by atoms with Gasteiger partial charge in [0.1, 0.15) is 11.9 Å². The van der Waals surface area contributed by atoms with Gasteiger partial charge in [0, 0.05) is 54.2 Å². The van der Waals surface area contributed by atoms with E-state index in [-0.39, 0.29) is 11.9 Å². The van der Waals surface area contributed by atoms with Crippen LogP contribution in [0.5, 0.6) is 0 Å². The number of H-pyrrole nitrogens is 1. The van der Waals surface area contributed by atoms with Crippen LogP contribution in [0, 0.1) is 0 Å². The zero-order chi connectivity index (χ0) is 23.1. The normalized spacial score (nSPS) is 22.3. The van der Waals surface area contributed by atoms with E-state index in [1.807, 2.05) is 10.3 Å². The summed E-state index contributed by atoms with van der Waals surface area (Å²) in [5, 5.41) is 26.7. The molecule has 1 aliphatic heterocycles. The summed E-state index contributed by atoms with van der Waals surface area (Å²) >= 11 is 1.40. The van der Waals surface area contributed by atoms with E-state index in [4.69, 9.17) is 9.97 Å². The van der Waals surface area contributed by atoms with Crippen molar-refractivity contribution in [1.29, 1.82) is 0 Å². The van der Waals surface area contributed by atoms with E-state index in [2.05, 4.69) is 31.9 Å². The Morgan fingerprint density at radius 1 is 1.18 bits per heavy atom. The van der Waals surface area contributed by atoms with Gasteiger partial charge in [-0.3, -0.25) is 9.89 Å². The number of nitrogens with one attached hydrogen (secondary N) is 3. The summed E-state index contributed by atoms with van der Waals surface area (Å²) in [6.07, 6.45) is 8.71. The van der Waals surface area contributed by atoms with Crippen LogP contribution in [0.1, 0.15) is 61.4 Å². The van der Waals surface area contributed by atoms with Crippen molar-refractivity contribution in [2.45, 2.75) is 69.4 Å². The molecule has 0 unspecified atom stereocenters. The summed E-state index contributed by atoms with van der Waals surface area (Å²) in [5.41, 5.74) is 2.91. The second kappa shape index (κ2) is 8.95. The topological polar surface area (TPSA) is 132 Å². The van der Waals surface area contributed by atoms with Gasteiger partial charge in [-0.25, -0.2) is 9.97 Å². The number of thiazole rings is 1. The zero-order valence-corrected chi connectivity index (χ0v) is 19.6. The summed E-state index contributed by atoms with van der Waals surface area (Å²) in [7, 11) is 0. The lowest BCUT2D eigenvalue weighted by Crippen LogP contribution is -2.40. The summed E-state index contributed by atoms with van der Waals surface area (Å²) in [5.74, 6) is 2.33. The van der Waals surface area contributed by atoms with Crippen LogP contribution in [0.15, 0.2) is 17.6 Å². The quantitative estimate of drug-likeness (QED) is 0.423. The molecule has 0 aromatic carbocycles. The first-order valence-corrected chi connectivity index (χ1v) is 12.9. The van der Waals surface area contributed by atoms with Crippen LogP contribution in [0.4, 0.5) is 22.7 Å². The summed E-state index contributed by atoms with van der Waals surface area (Å²) in [4.78, 5) is 28.7.